The summed E-state index contributed by atoms with van der Waals surface area (Å²) < 4.78 is 28.3. The van der Waals surface area contributed by atoms with Gasteiger partial charge >= 0.3 is 0 Å². The Balaban J connectivity index is 1.47. The summed E-state index contributed by atoms with van der Waals surface area (Å²) in [7, 11) is -3.60. The molecule has 1 atom stereocenters. The maximum Gasteiger partial charge on any atom is 0.243 e. The van der Waals surface area contributed by atoms with Crippen molar-refractivity contribution in [2.45, 2.75) is 44.6 Å². The summed E-state index contributed by atoms with van der Waals surface area (Å²) in [6.07, 6.45) is 4.42. The largest absolute Gasteiger partial charge is 0.345 e. The summed E-state index contributed by atoms with van der Waals surface area (Å²) in [4.78, 5) is 17.7. The van der Waals surface area contributed by atoms with Crippen molar-refractivity contribution in [3.05, 3.63) is 94.8 Å². The van der Waals surface area contributed by atoms with Crippen LogP contribution in [0.5, 0.6) is 0 Å². The molecule has 34 heavy (non-hydrogen) atoms. The van der Waals surface area contributed by atoms with Crippen molar-refractivity contribution in [1.29, 1.82) is 0 Å². The number of sulfonamides is 1. The molecule has 1 fully saturated rings. The van der Waals surface area contributed by atoms with Crippen molar-refractivity contribution in [3.63, 3.8) is 0 Å². The quantitative estimate of drug-likeness (QED) is 0.574. The van der Waals surface area contributed by atoms with E-state index in [0.29, 0.717) is 30.8 Å². The predicted molar refractivity (Wildman–Crippen MR) is 133 cm³/mol. The summed E-state index contributed by atoms with van der Waals surface area (Å²) in [5, 5.41) is 3.19. The Morgan fingerprint density at radius 1 is 0.941 bits per heavy atom. The zero-order chi connectivity index (χ0) is 24.3. The predicted octanol–water partition coefficient (Wildman–Crippen LogP) is 4.31. The number of carbonyl (C=O) groups excluding carboxylic acids is 1. The number of hydrogen-bond donors (Lipinski definition) is 1. The number of hydrogen-bond acceptors (Lipinski definition) is 4. The second-order valence-corrected chi connectivity index (χ2v) is 10.9. The highest BCUT2D eigenvalue weighted by atomic mass is 32.2. The molecule has 1 N–H and O–H groups in total. The highest BCUT2D eigenvalue weighted by Gasteiger charge is 2.34. The summed E-state index contributed by atoms with van der Waals surface area (Å²) in [6.45, 7) is 6.32. The SMILES string of the molecule is Cc1cc(C)c(S(=O)(=O)N2CCC(C(=O)NC(c3ccccc3)c3ccncc3)CC2)c(C)c1. The molecule has 2 heterocycles. The number of piperidine rings is 1. The Labute approximate surface area is 202 Å². The van der Waals surface area contributed by atoms with E-state index in [1.807, 2.05) is 75.4 Å². The van der Waals surface area contributed by atoms with Gasteiger partial charge in [-0.15, -0.1) is 0 Å². The van der Waals surface area contributed by atoms with Crippen molar-refractivity contribution < 1.29 is 13.2 Å². The van der Waals surface area contributed by atoms with Crippen molar-refractivity contribution in [2.75, 3.05) is 13.1 Å². The van der Waals surface area contributed by atoms with Crippen molar-refractivity contribution in [2.24, 2.45) is 5.92 Å². The molecule has 0 radical (unpaired) electrons. The summed E-state index contributed by atoms with van der Waals surface area (Å²) in [6, 6.07) is 17.2. The zero-order valence-electron chi connectivity index (χ0n) is 19.9. The van der Waals surface area contributed by atoms with E-state index in [1.54, 1.807) is 12.4 Å². The molecule has 4 rings (SSSR count). The van der Waals surface area contributed by atoms with Gasteiger partial charge in [-0.25, -0.2) is 8.42 Å². The summed E-state index contributed by atoms with van der Waals surface area (Å²) in [5.74, 6) is -0.287. The fraction of sp³-hybridized carbons (Fsp3) is 0.333. The van der Waals surface area contributed by atoms with E-state index in [4.69, 9.17) is 0 Å². The normalized spacial score (nSPS) is 16.2. The molecule has 1 aliphatic heterocycles. The van der Waals surface area contributed by atoms with Gasteiger partial charge in [0.05, 0.1) is 10.9 Å². The van der Waals surface area contributed by atoms with Gasteiger partial charge in [0, 0.05) is 31.4 Å². The van der Waals surface area contributed by atoms with Crippen molar-refractivity contribution in [3.8, 4) is 0 Å². The van der Waals surface area contributed by atoms with Crippen LogP contribution < -0.4 is 5.32 Å². The van der Waals surface area contributed by atoms with Crippen molar-refractivity contribution >= 4 is 15.9 Å². The zero-order valence-corrected chi connectivity index (χ0v) is 20.7. The summed E-state index contributed by atoms with van der Waals surface area (Å²) >= 11 is 0. The maximum atomic E-state index is 13.4. The number of amides is 1. The molecule has 7 heteroatoms. The standard InChI is InChI=1S/C27H31N3O3S/c1-19-17-20(2)26(21(3)18-19)34(32,33)30-15-11-24(12-16-30)27(31)29-25(22-7-5-4-6-8-22)23-9-13-28-14-10-23/h4-10,13-14,17-18,24-25H,11-12,15-16H2,1-3H3,(H,29,31). The fourth-order valence-corrected chi connectivity index (χ4v) is 6.76. The smallest absolute Gasteiger partial charge is 0.243 e. The average Bonchev–Trinajstić information content (AvgIpc) is 2.82. The molecule has 1 aliphatic rings. The molecule has 0 bridgehead atoms. The number of nitrogens with zero attached hydrogens (tertiary/aromatic N) is 2. The van der Waals surface area contributed by atoms with Gasteiger partial charge in [0.25, 0.3) is 0 Å². The third kappa shape index (κ3) is 5.05. The van der Waals surface area contributed by atoms with Crippen LogP contribution in [0.4, 0.5) is 0 Å². The monoisotopic (exact) mass is 477 g/mol. The fourth-order valence-electron chi connectivity index (χ4n) is 4.88. The second-order valence-electron chi connectivity index (χ2n) is 9.04. The van der Waals surface area contributed by atoms with E-state index < -0.39 is 10.0 Å². The van der Waals surface area contributed by atoms with Crippen LogP contribution in [0.15, 0.2) is 71.9 Å². The van der Waals surface area contributed by atoms with Gasteiger partial charge in [0.1, 0.15) is 0 Å². The first kappa shape index (κ1) is 24.1. The Bertz CT molecular complexity index is 1190. The van der Waals surface area contributed by atoms with Crippen LogP contribution in [-0.4, -0.2) is 36.7 Å². The lowest BCUT2D eigenvalue weighted by atomic mass is 9.94. The molecule has 1 amide bonds. The van der Waals surface area contributed by atoms with E-state index in [-0.39, 0.29) is 17.9 Å². The molecule has 0 saturated carbocycles. The molecular formula is C27H31N3O3S. The Morgan fingerprint density at radius 3 is 2.09 bits per heavy atom. The average molecular weight is 478 g/mol. The molecule has 2 aromatic carbocycles. The molecule has 6 nitrogen and oxygen atoms in total. The Morgan fingerprint density at radius 2 is 1.50 bits per heavy atom. The first-order valence-electron chi connectivity index (χ1n) is 11.6. The van der Waals surface area contributed by atoms with Crippen LogP contribution in [0.25, 0.3) is 0 Å². The van der Waals surface area contributed by atoms with E-state index in [0.717, 1.165) is 27.8 Å². The number of rotatable bonds is 6. The topological polar surface area (TPSA) is 79.4 Å². The molecule has 0 spiro atoms. The van der Waals surface area contributed by atoms with Crippen LogP contribution in [0, 0.1) is 26.7 Å². The molecule has 0 aliphatic carbocycles. The first-order chi connectivity index (χ1) is 16.3. The number of aromatic nitrogens is 1. The third-order valence-electron chi connectivity index (χ3n) is 6.49. The molecule has 1 aromatic heterocycles. The number of nitrogens with one attached hydrogen (secondary N) is 1. The van der Waals surface area contributed by atoms with Gasteiger partial charge < -0.3 is 5.32 Å². The highest BCUT2D eigenvalue weighted by Crippen LogP contribution is 2.30. The van der Waals surface area contributed by atoms with Crippen LogP contribution in [0.2, 0.25) is 0 Å². The molecular weight excluding hydrogens is 446 g/mol. The van der Waals surface area contributed by atoms with Gasteiger partial charge in [-0.1, -0.05) is 48.0 Å². The van der Waals surface area contributed by atoms with Gasteiger partial charge in [-0.05, 0) is 68.0 Å². The number of aryl methyl sites for hydroxylation is 3. The molecule has 1 saturated heterocycles. The van der Waals surface area contributed by atoms with Gasteiger partial charge in [0.2, 0.25) is 15.9 Å². The lowest BCUT2D eigenvalue weighted by molar-refractivity contribution is -0.126. The lowest BCUT2D eigenvalue weighted by Gasteiger charge is -2.32. The van der Waals surface area contributed by atoms with Crippen LogP contribution in [-0.2, 0) is 14.8 Å². The van der Waals surface area contributed by atoms with Crippen LogP contribution in [0.3, 0.4) is 0 Å². The van der Waals surface area contributed by atoms with Crippen molar-refractivity contribution in [1.82, 2.24) is 14.6 Å². The number of carbonyl (C=O) groups is 1. The van der Waals surface area contributed by atoms with E-state index in [9.17, 15) is 13.2 Å². The third-order valence-corrected chi connectivity index (χ3v) is 8.69. The number of benzene rings is 2. The van der Waals surface area contributed by atoms with Gasteiger partial charge in [-0.3, -0.25) is 9.78 Å². The minimum atomic E-state index is -3.60. The van der Waals surface area contributed by atoms with E-state index >= 15 is 0 Å². The van der Waals surface area contributed by atoms with Crippen LogP contribution in [0.1, 0.15) is 46.7 Å². The molecule has 3 aromatic rings. The maximum absolute atomic E-state index is 13.4. The second kappa shape index (κ2) is 10.1. The van der Waals surface area contributed by atoms with Gasteiger partial charge in [-0.2, -0.15) is 4.31 Å². The Kier molecular flexibility index (Phi) is 7.14. The van der Waals surface area contributed by atoms with Crippen LogP contribution >= 0.6 is 0 Å². The Hall–Kier alpha value is -3.03. The highest BCUT2D eigenvalue weighted by molar-refractivity contribution is 7.89. The minimum absolute atomic E-state index is 0.0505. The molecule has 1 unspecified atom stereocenters. The van der Waals surface area contributed by atoms with E-state index in [2.05, 4.69) is 10.3 Å². The van der Waals surface area contributed by atoms with E-state index in [1.165, 1.54) is 4.31 Å². The number of pyridine rings is 1. The van der Waals surface area contributed by atoms with Gasteiger partial charge in [0.15, 0.2) is 0 Å². The molecule has 178 valence electrons. The lowest BCUT2D eigenvalue weighted by Crippen LogP contribution is -2.44. The minimum Gasteiger partial charge on any atom is -0.345 e. The first-order valence-corrected chi connectivity index (χ1v) is 13.0. The summed E-state index contributed by atoms with van der Waals surface area (Å²) in [5.41, 5.74) is 4.53.